The first kappa shape index (κ1) is 12.5. The molecule has 0 saturated heterocycles. The number of rotatable bonds is 4. The normalized spacial score (nSPS) is 16.7. The van der Waals surface area contributed by atoms with Gasteiger partial charge in [0.2, 0.25) is 0 Å². The van der Waals surface area contributed by atoms with Crippen LogP contribution in [0.25, 0.3) is 0 Å². The van der Waals surface area contributed by atoms with Gasteiger partial charge in [-0.3, -0.25) is 0 Å². The summed E-state index contributed by atoms with van der Waals surface area (Å²) in [5, 5.41) is 3.76. The van der Waals surface area contributed by atoms with Gasteiger partial charge in [0, 0.05) is 11.7 Å². The molecule has 0 saturated carbocycles. The molecule has 0 aromatic heterocycles. The monoisotopic (exact) mass is 231 g/mol. The number of benzene rings is 1. The van der Waals surface area contributed by atoms with Crippen molar-refractivity contribution in [1.82, 2.24) is 0 Å². The van der Waals surface area contributed by atoms with Gasteiger partial charge in [0.1, 0.15) is 0 Å². The Labute approximate surface area is 106 Å². The molecule has 1 unspecified atom stereocenters. The minimum absolute atomic E-state index is 0.600. The van der Waals surface area contributed by atoms with Crippen molar-refractivity contribution in [1.29, 1.82) is 0 Å². The maximum Gasteiger partial charge on any atom is 0.0377 e. The topological polar surface area (TPSA) is 12.0 Å². The Kier molecular flexibility index (Phi) is 4.09. The van der Waals surface area contributed by atoms with Gasteiger partial charge in [-0.05, 0) is 55.2 Å². The van der Waals surface area contributed by atoms with Crippen LogP contribution in [-0.2, 0) is 12.8 Å². The summed E-state index contributed by atoms with van der Waals surface area (Å²) in [5.41, 5.74) is 4.54. The summed E-state index contributed by atoms with van der Waals surface area (Å²) in [6, 6.07) is 7.37. The van der Waals surface area contributed by atoms with Crippen LogP contribution in [0.2, 0.25) is 0 Å². The molecule has 1 aromatic rings. The minimum Gasteiger partial charge on any atom is -0.382 e. The summed E-state index contributed by atoms with van der Waals surface area (Å²) in [6.07, 6.45) is 6.43. The molecule has 0 aliphatic heterocycles. The molecule has 2 rings (SSSR count). The molecule has 1 aliphatic rings. The lowest BCUT2D eigenvalue weighted by Gasteiger charge is -2.26. The summed E-state index contributed by atoms with van der Waals surface area (Å²) in [7, 11) is 0. The molecule has 94 valence electrons. The van der Waals surface area contributed by atoms with E-state index < -0.39 is 0 Å². The van der Waals surface area contributed by atoms with E-state index in [4.69, 9.17) is 0 Å². The van der Waals surface area contributed by atoms with Crippen molar-refractivity contribution in [2.24, 2.45) is 5.92 Å². The molecule has 1 aromatic carbocycles. The second kappa shape index (κ2) is 5.57. The van der Waals surface area contributed by atoms with Gasteiger partial charge < -0.3 is 5.32 Å². The Hall–Kier alpha value is -0.980. The fourth-order valence-electron chi connectivity index (χ4n) is 2.86. The number of nitrogens with one attached hydrogen (secondary N) is 1. The Bertz CT molecular complexity index is 368. The second-order valence-corrected chi connectivity index (χ2v) is 5.55. The van der Waals surface area contributed by atoms with Crippen LogP contribution in [0.5, 0.6) is 0 Å². The first-order valence-electron chi connectivity index (χ1n) is 7.09. The van der Waals surface area contributed by atoms with Crippen LogP contribution in [0.4, 0.5) is 5.69 Å². The molecular formula is C16H25N. The molecule has 1 aliphatic carbocycles. The average Bonchev–Trinajstić information content (AvgIpc) is 2.35. The van der Waals surface area contributed by atoms with Crippen LogP contribution in [0.1, 0.15) is 51.2 Å². The molecule has 0 heterocycles. The summed E-state index contributed by atoms with van der Waals surface area (Å²) >= 11 is 0. The zero-order chi connectivity index (χ0) is 12.3. The molecule has 1 heteroatoms. The highest BCUT2D eigenvalue weighted by Gasteiger charge is 2.16. The Balaban J connectivity index is 2.20. The van der Waals surface area contributed by atoms with E-state index in [1.165, 1.54) is 37.8 Å². The van der Waals surface area contributed by atoms with E-state index in [9.17, 15) is 0 Å². The quantitative estimate of drug-likeness (QED) is 0.809. The van der Waals surface area contributed by atoms with Gasteiger partial charge in [0.15, 0.2) is 0 Å². The standard InChI is InChI=1S/C16H25N/c1-4-15(12(2)3)17-16-11-7-9-13-8-5-6-10-14(13)16/h7,9,11-12,15,17H,4-6,8,10H2,1-3H3. The van der Waals surface area contributed by atoms with Gasteiger partial charge in [0.05, 0.1) is 0 Å². The largest absolute Gasteiger partial charge is 0.382 e. The maximum absolute atomic E-state index is 3.76. The van der Waals surface area contributed by atoms with Crippen LogP contribution >= 0.6 is 0 Å². The highest BCUT2D eigenvalue weighted by Crippen LogP contribution is 2.29. The fourth-order valence-corrected chi connectivity index (χ4v) is 2.86. The van der Waals surface area contributed by atoms with E-state index in [-0.39, 0.29) is 0 Å². The van der Waals surface area contributed by atoms with Crippen LogP contribution in [0.3, 0.4) is 0 Å². The lowest BCUT2D eigenvalue weighted by Crippen LogP contribution is -2.25. The summed E-state index contributed by atoms with van der Waals surface area (Å²) in [6.45, 7) is 6.88. The third-order valence-electron chi connectivity index (χ3n) is 3.98. The first-order valence-corrected chi connectivity index (χ1v) is 7.09. The van der Waals surface area contributed by atoms with Gasteiger partial charge in [-0.2, -0.15) is 0 Å². The predicted octanol–water partition coefficient (Wildman–Crippen LogP) is 4.41. The van der Waals surface area contributed by atoms with Gasteiger partial charge >= 0.3 is 0 Å². The van der Waals surface area contributed by atoms with Crippen molar-refractivity contribution < 1.29 is 0 Å². The van der Waals surface area contributed by atoms with Crippen molar-refractivity contribution in [3.63, 3.8) is 0 Å². The van der Waals surface area contributed by atoms with Gasteiger partial charge in [-0.15, -0.1) is 0 Å². The van der Waals surface area contributed by atoms with Crippen molar-refractivity contribution in [2.75, 3.05) is 5.32 Å². The first-order chi connectivity index (χ1) is 8.22. The number of anilines is 1. The molecule has 0 bridgehead atoms. The maximum atomic E-state index is 3.76. The third-order valence-corrected chi connectivity index (χ3v) is 3.98. The van der Waals surface area contributed by atoms with Crippen LogP contribution < -0.4 is 5.32 Å². The smallest absolute Gasteiger partial charge is 0.0377 e. The van der Waals surface area contributed by atoms with Gasteiger partial charge in [0.25, 0.3) is 0 Å². The average molecular weight is 231 g/mol. The van der Waals surface area contributed by atoms with Crippen molar-refractivity contribution in [2.45, 2.75) is 58.9 Å². The van der Waals surface area contributed by atoms with E-state index in [0.717, 1.165) is 0 Å². The Morgan fingerprint density at radius 1 is 1.18 bits per heavy atom. The number of fused-ring (bicyclic) bond motifs is 1. The van der Waals surface area contributed by atoms with Gasteiger partial charge in [-0.1, -0.05) is 32.9 Å². The summed E-state index contributed by atoms with van der Waals surface area (Å²) in [5.74, 6) is 0.694. The number of aryl methyl sites for hydroxylation is 1. The Morgan fingerprint density at radius 2 is 1.94 bits per heavy atom. The van der Waals surface area contributed by atoms with E-state index in [2.05, 4.69) is 44.3 Å². The van der Waals surface area contributed by atoms with E-state index in [1.807, 2.05) is 0 Å². The Morgan fingerprint density at radius 3 is 2.65 bits per heavy atom. The lowest BCUT2D eigenvalue weighted by molar-refractivity contribution is 0.510. The van der Waals surface area contributed by atoms with E-state index in [0.29, 0.717) is 12.0 Å². The molecule has 17 heavy (non-hydrogen) atoms. The lowest BCUT2D eigenvalue weighted by atomic mass is 9.90. The molecular weight excluding hydrogens is 206 g/mol. The fraction of sp³-hybridized carbons (Fsp3) is 0.625. The zero-order valence-electron chi connectivity index (χ0n) is 11.4. The van der Waals surface area contributed by atoms with Crippen molar-refractivity contribution >= 4 is 5.69 Å². The molecule has 0 radical (unpaired) electrons. The predicted molar refractivity (Wildman–Crippen MR) is 75.6 cm³/mol. The highest BCUT2D eigenvalue weighted by atomic mass is 14.9. The van der Waals surface area contributed by atoms with Crippen LogP contribution in [0.15, 0.2) is 18.2 Å². The van der Waals surface area contributed by atoms with Crippen LogP contribution in [-0.4, -0.2) is 6.04 Å². The number of hydrogen-bond donors (Lipinski definition) is 1. The molecule has 1 N–H and O–H groups in total. The van der Waals surface area contributed by atoms with E-state index >= 15 is 0 Å². The third kappa shape index (κ3) is 2.83. The molecule has 0 amide bonds. The molecule has 1 nitrogen and oxygen atoms in total. The van der Waals surface area contributed by atoms with Crippen molar-refractivity contribution in [3.05, 3.63) is 29.3 Å². The van der Waals surface area contributed by atoms with Crippen LogP contribution in [0, 0.1) is 5.92 Å². The minimum atomic E-state index is 0.600. The molecule has 0 spiro atoms. The van der Waals surface area contributed by atoms with Gasteiger partial charge in [-0.25, -0.2) is 0 Å². The highest BCUT2D eigenvalue weighted by molar-refractivity contribution is 5.56. The SMILES string of the molecule is CCC(Nc1cccc2c1CCCC2)C(C)C. The summed E-state index contributed by atoms with van der Waals surface area (Å²) in [4.78, 5) is 0. The van der Waals surface area contributed by atoms with Crippen molar-refractivity contribution in [3.8, 4) is 0 Å². The number of hydrogen-bond acceptors (Lipinski definition) is 1. The zero-order valence-corrected chi connectivity index (χ0v) is 11.4. The second-order valence-electron chi connectivity index (χ2n) is 5.55. The summed E-state index contributed by atoms with van der Waals surface area (Å²) < 4.78 is 0. The molecule has 0 fully saturated rings. The van der Waals surface area contributed by atoms with E-state index in [1.54, 1.807) is 11.1 Å². The molecule has 1 atom stereocenters.